The molecule has 0 radical (unpaired) electrons. The van der Waals surface area contributed by atoms with Crippen molar-refractivity contribution in [3.05, 3.63) is 11.8 Å². The molecule has 1 aliphatic carbocycles. The maximum atomic E-state index is 9.11. The molecular formula is C8H14O. The van der Waals surface area contributed by atoms with Gasteiger partial charge in [-0.3, -0.25) is 0 Å². The van der Waals surface area contributed by atoms with Gasteiger partial charge in [0, 0.05) is 6.42 Å². The standard InChI is InChI=1S/C8H14O/c1-8(2)5-3-4-7(9)6-8/h6,9H,3-5H2,1-2H3. The number of rotatable bonds is 0. The van der Waals surface area contributed by atoms with E-state index >= 15 is 0 Å². The first-order valence-electron chi connectivity index (χ1n) is 3.51. The molecule has 0 fully saturated rings. The molecule has 0 saturated heterocycles. The van der Waals surface area contributed by atoms with Crippen molar-refractivity contribution in [1.29, 1.82) is 0 Å². The van der Waals surface area contributed by atoms with Gasteiger partial charge in [-0.2, -0.15) is 0 Å². The van der Waals surface area contributed by atoms with Gasteiger partial charge in [0.05, 0.1) is 5.76 Å². The topological polar surface area (TPSA) is 20.2 Å². The van der Waals surface area contributed by atoms with Crippen LogP contribution in [0.2, 0.25) is 0 Å². The Bertz CT molecular complexity index is 134. The number of hydrogen-bond acceptors (Lipinski definition) is 1. The summed E-state index contributed by atoms with van der Waals surface area (Å²) in [7, 11) is 0. The van der Waals surface area contributed by atoms with Crippen molar-refractivity contribution in [2.75, 3.05) is 0 Å². The Labute approximate surface area is 56.4 Å². The van der Waals surface area contributed by atoms with Crippen molar-refractivity contribution in [2.45, 2.75) is 33.1 Å². The highest BCUT2D eigenvalue weighted by Crippen LogP contribution is 2.31. The predicted molar refractivity (Wildman–Crippen MR) is 38.3 cm³/mol. The zero-order chi connectivity index (χ0) is 6.91. The maximum absolute atomic E-state index is 9.11. The van der Waals surface area contributed by atoms with Crippen LogP contribution in [0.5, 0.6) is 0 Å². The monoisotopic (exact) mass is 126 g/mol. The molecular weight excluding hydrogens is 112 g/mol. The van der Waals surface area contributed by atoms with Gasteiger partial charge in [0.15, 0.2) is 0 Å². The lowest BCUT2D eigenvalue weighted by Crippen LogP contribution is -2.12. The third kappa shape index (κ3) is 1.74. The van der Waals surface area contributed by atoms with Crippen LogP contribution in [0, 0.1) is 5.41 Å². The van der Waals surface area contributed by atoms with Gasteiger partial charge in [0.25, 0.3) is 0 Å². The van der Waals surface area contributed by atoms with Crippen LogP contribution < -0.4 is 0 Å². The van der Waals surface area contributed by atoms with E-state index in [4.69, 9.17) is 5.11 Å². The molecule has 0 aromatic rings. The second-order valence-corrected chi connectivity index (χ2v) is 3.48. The van der Waals surface area contributed by atoms with Gasteiger partial charge in [-0.25, -0.2) is 0 Å². The summed E-state index contributed by atoms with van der Waals surface area (Å²) in [4.78, 5) is 0. The molecule has 0 unspecified atom stereocenters. The fraction of sp³-hybridized carbons (Fsp3) is 0.750. The van der Waals surface area contributed by atoms with Crippen molar-refractivity contribution in [3.8, 4) is 0 Å². The third-order valence-electron chi connectivity index (χ3n) is 1.81. The lowest BCUT2D eigenvalue weighted by Gasteiger charge is -2.24. The Morgan fingerprint density at radius 2 is 2.22 bits per heavy atom. The van der Waals surface area contributed by atoms with E-state index in [2.05, 4.69) is 13.8 Å². The smallest absolute Gasteiger partial charge is 0.0888 e. The summed E-state index contributed by atoms with van der Waals surface area (Å²) in [6, 6.07) is 0. The highest BCUT2D eigenvalue weighted by Gasteiger charge is 2.19. The summed E-state index contributed by atoms with van der Waals surface area (Å²) in [5.41, 5.74) is 0.238. The lowest BCUT2D eigenvalue weighted by molar-refractivity contribution is 0.307. The average Bonchev–Trinajstić information content (AvgIpc) is 1.60. The van der Waals surface area contributed by atoms with Crippen LogP contribution >= 0.6 is 0 Å². The number of allylic oxidation sites excluding steroid dienone is 2. The minimum atomic E-state index is 0.238. The fourth-order valence-electron chi connectivity index (χ4n) is 1.32. The Morgan fingerprint density at radius 1 is 1.56 bits per heavy atom. The van der Waals surface area contributed by atoms with Crippen molar-refractivity contribution in [1.82, 2.24) is 0 Å². The second kappa shape index (κ2) is 2.05. The number of hydrogen-bond donors (Lipinski definition) is 1. The van der Waals surface area contributed by atoms with E-state index < -0.39 is 0 Å². The quantitative estimate of drug-likeness (QED) is 0.529. The van der Waals surface area contributed by atoms with Gasteiger partial charge >= 0.3 is 0 Å². The SMILES string of the molecule is CC1(C)C=C(O)CCC1. The number of aliphatic hydroxyl groups is 1. The molecule has 0 heterocycles. The minimum absolute atomic E-state index is 0.238. The van der Waals surface area contributed by atoms with E-state index in [-0.39, 0.29) is 5.41 Å². The van der Waals surface area contributed by atoms with E-state index in [9.17, 15) is 0 Å². The molecule has 0 spiro atoms. The van der Waals surface area contributed by atoms with E-state index in [0.29, 0.717) is 5.76 Å². The van der Waals surface area contributed by atoms with Crippen LogP contribution in [-0.2, 0) is 0 Å². The zero-order valence-corrected chi connectivity index (χ0v) is 6.15. The first-order chi connectivity index (χ1) is 4.10. The largest absolute Gasteiger partial charge is 0.513 e. The fourth-order valence-corrected chi connectivity index (χ4v) is 1.32. The van der Waals surface area contributed by atoms with E-state index in [1.165, 1.54) is 6.42 Å². The molecule has 52 valence electrons. The van der Waals surface area contributed by atoms with Crippen LogP contribution in [0.3, 0.4) is 0 Å². The molecule has 0 saturated carbocycles. The first kappa shape index (κ1) is 6.66. The molecule has 1 rings (SSSR count). The summed E-state index contributed by atoms with van der Waals surface area (Å²) < 4.78 is 0. The van der Waals surface area contributed by atoms with Crippen LogP contribution in [0.4, 0.5) is 0 Å². The highest BCUT2D eigenvalue weighted by molar-refractivity contribution is 5.04. The molecule has 0 atom stereocenters. The third-order valence-corrected chi connectivity index (χ3v) is 1.81. The van der Waals surface area contributed by atoms with Crippen molar-refractivity contribution >= 4 is 0 Å². The molecule has 1 aliphatic rings. The molecule has 0 aromatic carbocycles. The summed E-state index contributed by atoms with van der Waals surface area (Å²) in [5, 5.41) is 9.11. The molecule has 9 heavy (non-hydrogen) atoms. The minimum Gasteiger partial charge on any atom is -0.513 e. The van der Waals surface area contributed by atoms with Crippen molar-refractivity contribution < 1.29 is 5.11 Å². The Morgan fingerprint density at radius 3 is 2.56 bits per heavy atom. The van der Waals surface area contributed by atoms with Crippen molar-refractivity contribution in [2.24, 2.45) is 5.41 Å². The summed E-state index contributed by atoms with van der Waals surface area (Å²) >= 11 is 0. The van der Waals surface area contributed by atoms with E-state index in [1.54, 1.807) is 0 Å². The van der Waals surface area contributed by atoms with Crippen LogP contribution in [0.15, 0.2) is 11.8 Å². The van der Waals surface area contributed by atoms with Crippen LogP contribution in [-0.4, -0.2) is 5.11 Å². The highest BCUT2D eigenvalue weighted by atomic mass is 16.3. The van der Waals surface area contributed by atoms with Gasteiger partial charge in [0.2, 0.25) is 0 Å². The maximum Gasteiger partial charge on any atom is 0.0888 e. The van der Waals surface area contributed by atoms with Crippen LogP contribution in [0.1, 0.15) is 33.1 Å². The second-order valence-electron chi connectivity index (χ2n) is 3.48. The summed E-state index contributed by atoms with van der Waals surface area (Å²) in [5.74, 6) is 0.575. The molecule has 0 bridgehead atoms. The molecule has 0 aromatic heterocycles. The summed E-state index contributed by atoms with van der Waals surface area (Å²) in [6.07, 6.45) is 5.19. The number of aliphatic hydroxyl groups excluding tert-OH is 1. The first-order valence-corrected chi connectivity index (χ1v) is 3.51. The molecule has 1 heteroatoms. The average molecular weight is 126 g/mol. The van der Waals surface area contributed by atoms with Gasteiger partial charge in [-0.1, -0.05) is 13.8 Å². The molecule has 0 aliphatic heterocycles. The Hall–Kier alpha value is -0.460. The van der Waals surface area contributed by atoms with Crippen molar-refractivity contribution in [3.63, 3.8) is 0 Å². The van der Waals surface area contributed by atoms with Gasteiger partial charge in [0.1, 0.15) is 0 Å². The Kier molecular flexibility index (Phi) is 1.52. The molecule has 1 N–H and O–H groups in total. The van der Waals surface area contributed by atoms with Gasteiger partial charge in [-0.05, 0) is 24.3 Å². The zero-order valence-electron chi connectivity index (χ0n) is 6.15. The predicted octanol–water partition coefficient (Wildman–Crippen LogP) is 2.64. The lowest BCUT2D eigenvalue weighted by atomic mass is 9.82. The van der Waals surface area contributed by atoms with Gasteiger partial charge < -0.3 is 5.11 Å². The summed E-state index contributed by atoms with van der Waals surface area (Å²) in [6.45, 7) is 4.31. The van der Waals surface area contributed by atoms with E-state index in [1.807, 2.05) is 6.08 Å². The van der Waals surface area contributed by atoms with Crippen LogP contribution in [0.25, 0.3) is 0 Å². The van der Waals surface area contributed by atoms with Gasteiger partial charge in [-0.15, -0.1) is 0 Å². The molecule has 0 amide bonds. The van der Waals surface area contributed by atoms with E-state index in [0.717, 1.165) is 12.8 Å². The molecule has 1 nitrogen and oxygen atoms in total. The normalized spacial score (nSPS) is 25.3. The Balaban J connectivity index is 2.68.